The summed E-state index contributed by atoms with van der Waals surface area (Å²) < 4.78 is 9.19. The summed E-state index contributed by atoms with van der Waals surface area (Å²) >= 11 is 0. The third-order valence-electron chi connectivity index (χ3n) is 5.55. The molecule has 2 heterocycles. The Bertz CT molecular complexity index is 1400. The molecule has 0 unspecified atom stereocenters. The quantitative estimate of drug-likeness (QED) is 0.335. The molecular weight excluding hydrogens is 438 g/mol. The van der Waals surface area contributed by atoms with Gasteiger partial charge in [-0.3, -0.25) is 9.48 Å². The van der Waals surface area contributed by atoms with Crippen LogP contribution in [0, 0.1) is 6.92 Å². The summed E-state index contributed by atoms with van der Waals surface area (Å²) in [4.78, 5) is 12.6. The summed E-state index contributed by atoms with van der Waals surface area (Å²) in [5.41, 5.74) is 5.56. The molecule has 0 radical (unpaired) electrons. The van der Waals surface area contributed by atoms with E-state index in [1.54, 1.807) is 34.0 Å². The SMILES string of the molecule is Cc1ccc(Cn2cc(NC(=O)c3ccn(COc4ccc(-c5ccccc5)cc4)n3)cn2)cc1. The molecule has 0 aliphatic carbocycles. The Hall–Kier alpha value is -4.65. The highest BCUT2D eigenvalue weighted by molar-refractivity contribution is 6.02. The Balaban J connectivity index is 1.14. The topological polar surface area (TPSA) is 74.0 Å². The summed E-state index contributed by atoms with van der Waals surface area (Å²) in [7, 11) is 0. The minimum atomic E-state index is -0.300. The van der Waals surface area contributed by atoms with E-state index in [0.717, 1.165) is 22.4 Å². The van der Waals surface area contributed by atoms with Gasteiger partial charge in [0.25, 0.3) is 5.91 Å². The van der Waals surface area contributed by atoms with Crippen LogP contribution in [0.2, 0.25) is 0 Å². The first-order chi connectivity index (χ1) is 17.1. The number of amides is 1. The van der Waals surface area contributed by atoms with Crippen LogP contribution >= 0.6 is 0 Å². The monoisotopic (exact) mass is 463 g/mol. The Kier molecular flexibility index (Phi) is 6.39. The highest BCUT2D eigenvalue weighted by Crippen LogP contribution is 2.22. The van der Waals surface area contributed by atoms with Gasteiger partial charge in [0.2, 0.25) is 0 Å². The predicted octanol–water partition coefficient (Wildman–Crippen LogP) is 5.39. The van der Waals surface area contributed by atoms with Gasteiger partial charge in [-0.1, -0.05) is 72.3 Å². The first-order valence-electron chi connectivity index (χ1n) is 11.3. The molecule has 1 amide bonds. The Morgan fingerprint density at radius 2 is 1.63 bits per heavy atom. The lowest BCUT2D eigenvalue weighted by Gasteiger charge is -2.07. The van der Waals surface area contributed by atoms with Gasteiger partial charge in [-0.25, -0.2) is 4.68 Å². The van der Waals surface area contributed by atoms with Gasteiger partial charge < -0.3 is 10.1 Å². The van der Waals surface area contributed by atoms with Crippen molar-refractivity contribution < 1.29 is 9.53 Å². The van der Waals surface area contributed by atoms with Crippen molar-refractivity contribution in [2.45, 2.75) is 20.2 Å². The van der Waals surface area contributed by atoms with Crippen molar-refractivity contribution in [2.75, 3.05) is 5.32 Å². The standard InChI is InChI=1S/C28H25N5O2/c1-21-7-9-22(10-8-21)18-33-19-25(17-29-33)30-28(34)27-15-16-32(31-27)20-35-26-13-11-24(12-14-26)23-5-3-2-4-6-23/h2-17,19H,18,20H2,1H3,(H,30,34). The highest BCUT2D eigenvalue weighted by atomic mass is 16.5. The lowest BCUT2D eigenvalue weighted by molar-refractivity contribution is 0.102. The molecule has 2 aromatic heterocycles. The Morgan fingerprint density at radius 3 is 2.40 bits per heavy atom. The van der Waals surface area contributed by atoms with Gasteiger partial charge in [-0.2, -0.15) is 10.2 Å². The van der Waals surface area contributed by atoms with E-state index in [2.05, 4.69) is 58.8 Å². The number of nitrogens with zero attached hydrogens (tertiary/aromatic N) is 4. The second kappa shape index (κ2) is 10.1. The van der Waals surface area contributed by atoms with Crippen molar-refractivity contribution in [3.63, 3.8) is 0 Å². The van der Waals surface area contributed by atoms with Gasteiger partial charge >= 0.3 is 0 Å². The van der Waals surface area contributed by atoms with E-state index < -0.39 is 0 Å². The number of aromatic nitrogens is 4. The van der Waals surface area contributed by atoms with Crippen LogP contribution in [-0.4, -0.2) is 25.5 Å². The minimum Gasteiger partial charge on any atom is -0.471 e. The fraction of sp³-hybridized carbons (Fsp3) is 0.107. The van der Waals surface area contributed by atoms with Crippen molar-refractivity contribution in [3.05, 3.63) is 120 Å². The minimum absolute atomic E-state index is 0.201. The van der Waals surface area contributed by atoms with Gasteiger partial charge in [0.15, 0.2) is 12.4 Å². The molecule has 5 rings (SSSR count). The summed E-state index contributed by atoms with van der Waals surface area (Å²) in [6.45, 7) is 2.89. The maximum absolute atomic E-state index is 12.6. The molecule has 0 saturated carbocycles. The Morgan fingerprint density at radius 1 is 0.886 bits per heavy atom. The molecule has 174 valence electrons. The summed E-state index contributed by atoms with van der Waals surface area (Å²) in [6, 6.07) is 28.0. The molecule has 0 aliphatic rings. The molecule has 0 aliphatic heterocycles. The first kappa shape index (κ1) is 22.2. The van der Waals surface area contributed by atoms with Gasteiger partial charge in [-0.15, -0.1) is 0 Å². The maximum Gasteiger partial charge on any atom is 0.276 e. The van der Waals surface area contributed by atoms with E-state index >= 15 is 0 Å². The van der Waals surface area contributed by atoms with Crippen LogP contribution in [0.1, 0.15) is 21.6 Å². The number of rotatable bonds is 8. The summed E-state index contributed by atoms with van der Waals surface area (Å²) in [5.74, 6) is 0.429. The third kappa shape index (κ3) is 5.65. The number of carbonyl (C=O) groups is 1. The zero-order valence-electron chi connectivity index (χ0n) is 19.3. The van der Waals surface area contributed by atoms with Crippen LogP contribution in [0.4, 0.5) is 5.69 Å². The molecule has 7 heteroatoms. The van der Waals surface area contributed by atoms with E-state index in [-0.39, 0.29) is 12.6 Å². The van der Waals surface area contributed by atoms with Crippen molar-refractivity contribution in [2.24, 2.45) is 0 Å². The normalized spacial score (nSPS) is 10.8. The van der Waals surface area contributed by atoms with Crippen LogP contribution in [0.25, 0.3) is 11.1 Å². The zero-order valence-corrected chi connectivity index (χ0v) is 19.3. The molecule has 3 aromatic carbocycles. The van der Waals surface area contributed by atoms with E-state index in [4.69, 9.17) is 4.74 Å². The fourth-order valence-corrected chi connectivity index (χ4v) is 3.66. The molecule has 5 aromatic rings. The molecule has 0 bridgehead atoms. The number of anilines is 1. The fourth-order valence-electron chi connectivity index (χ4n) is 3.66. The summed E-state index contributed by atoms with van der Waals surface area (Å²) in [5, 5.41) is 11.5. The number of nitrogens with one attached hydrogen (secondary N) is 1. The van der Waals surface area contributed by atoms with Crippen LogP contribution in [0.3, 0.4) is 0 Å². The number of ether oxygens (including phenoxy) is 1. The van der Waals surface area contributed by atoms with E-state index in [1.165, 1.54) is 5.56 Å². The first-order valence-corrected chi connectivity index (χ1v) is 11.3. The molecule has 7 nitrogen and oxygen atoms in total. The van der Waals surface area contributed by atoms with Gasteiger partial charge in [0, 0.05) is 12.4 Å². The number of aryl methyl sites for hydroxylation is 1. The third-order valence-corrected chi connectivity index (χ3v) is 5.55. The summed E-state index contributed by atoms with van der Waals surface area (Å²) in [6.07, 6.45) is 5.15. The maximum atomic E-state index is 12.6. The van der Waals surface area contributed by atoms with E-state index in [9.17, 15) is 4.79 Å². The molecular formula is C28H25N5O2. The Labute approximate surface area is 203 Å². The van der Waals surface area contributed by atoms with Crippen molar-refractivity contribution >= 4 is 11.6 Å². The molecule has 0 saturated heterocycles. The van der Waals surface area contributed by atoms with Crippen LogP contribution in [-0.2, 0) is 13.3 Å². The number of carbonyl (C=O) groups excluding carboxylic acids is 1. The smallest absolute Gasteiger partial charge is 0.276 e. The number of hydrogen-bond acceptors (Lipinski definition) is 4. The van der Waals surface area contributed by atoms with E-state index in [0.29, 0.717) is 17.9 Å². The predicted molar refractivity (Wildman–Crippen MR) is 135 cm³/mol. The average Bonchev–Trinajstić information content (AvgIpc) is 3.55. The second-order valence-electron chi connectivity index (χ2n) is 8.27. The average molecular weight is 464 g/mol. The van der Waals surface area contributed by atoms with Gasteiger partial charge in [0.05, 0.1) is 18.4 Å². The lowest BCUT2D eigenvalue weighted by atomic mass is 10.1. The molecule has 35 heavy (non-hydrogen) atoms. The highest BCUT2D eigenvalue weighted by Gasteiger charge is 2.11. The van der Waals surface area contributed by atoms with Gasteiger partial charge in [0.1, 0.15) is 5.75 Å². The van der Waals surface area contributed by atoms with Crippen LogP contribution in [0.5, 0.6) is 5.75 Å². The molecule has 1 N–H and O–H groups in total. The van der Waals surface area contributed by atoms with Crippen LogP contribution < -0.4 is 10.1 Å². The largest absolute Gasteiger partial charge is 0.471 e. The second-order valence-corrected chi connectivity index (χ2v) is 8.27. The van der Waals surface area contributed by atoms with Crippen molar-refractivity contribution in [3.8, 4) is 16.9 Å². The van der Waals surface area contributed by atoms with Crippen LogP contribution in [0.15, 0.2) is 104 Å². The van der Waals surface area contributed by atoms with E-state index in [1.807, 2.05) is 42.5 Å². The molecule has 0 spiro atoms. The number of hydrogen-bond donors (Lipinski definition) is 1. The lowest BCUT2D eigenvalue weighted by Crippen LogP contribution is -2.14. The van der Waals surface area contributed by atoms with Crippen molar-refractivity contribution in [1.82, 2.24) is 19.6 Å². The molecule has 0 fully saturated rings. The van der Waals surface area contributed by atoms with Gasteiger partial charge in [-0.05, 0) is 41.8 Å². The van der Waals surface area contributed by atoms with Crippen molar-refractivity contribution in [1.29, 1.82) is 0 Å². The number of benzene rings is 3. The molecule has 0 atom stereocenters. The zero-order chi connectivity index (χ0) is 24.0.